The third kappa shape index (κ3) is 4.79. The topological polar surface area (TPSA) is 64.1 Å². The molecule has 0 spiro atoms. The van der Waals surface area contributed by atoms with Gasteiger partial charge in [-0.05, 0) is 19.3 Å². The number of anilines is 1. The van der Waals surface area contributed by atoms with E-state index in [2.05, 4.69) is 29.1 Å². The molecule has 5 heteroatoms. The van der Waals surface area contributed by atoms with E-state index in [1.165, 1.54) is 7.11 Å². The van der Waals surface area contributed by atoms with Crippen molar-refractivity contribution in [1.82, 2.24) is 9.97 Å². The van der Waals surface area contributed by atoms with Crippen LogP contribution in [0.5, 0.6) is 0 Å². The molecule has 1 N–H and O–H groups in total. The van der Waals surface area contributed by atoms with E-state index < -0.39 is 0 Å². The van der Waals surface area contributed by atoms with E-state index in [4.69, 9.17) is 4.74 Å². The Morgan fingerprint density at radius 1 is 1.30 bits per heavy atom. The van der Waals surface area contributed by atoms with Gasteiger partial charge in [-0.2, -0.15) is 0 Å². The van der Waals surface area contributed by atoms with Gasteiger partial charge in [-0.1, -0.05) is 27.7 Å². The molecule has 1 aromatic rings. The molecule has 0 fully saturated rings. The molecule has 1 atom stereocenters. The molecule has 1 unspecified atom stereocenters. The van der Waals surface area contributed by atoms with Crippen LogP contribution in [0.25, 0.3) is 0 Å². The number of carbonyl (C=O) groups excluding carboxylic acids is 1. The lowest BCUT2D eigenvalue weighted by Gasteiger charge is -2.19. The van der Waals surface area contributed by atoms with Crippen LogP contribution >= 0.6 is 0 Å². The summed E-state index contributed by atoms with van der Waals surface area (Å²) in [5.41, 5.74) is 0.888. The molecule has 20 heavy (non-hydrogen) atoms. The SMILES string of the molecule is COC(=O)C(CC(C)C)Nc1cc(C)nc(C(C)C)n1. The van der Waals surface area contributed by atoms with Crippen molar-refractivity contribution in [2.24, 2.45) is 5.92 Å². The highest BCUT2D eigenvalue weighted by atomic mass is 16.5. The molecule has 0 saturated heterocycles. The van der Waals surface area contributed by atoms with Crippen LogP contribution in [-0.4, -0.2) is 29.1 Å². The minimum Gasteiger partial charge on any atom is -0.467 e. The number of aryl methyl sites for hydroxylation is 1. The molecule has 112 valence electrons. The molecule has 0 radical (unpaired) electrons. The summed E-state index contributed by atoms with van der Waals surface area (Å²) < 4.78 is 4.85. The van der Waals surface area contributed by atoms with Crippen LogP contribution in [0.2, 0.25) is 0 Å². The fourth-order valence-corrected chi connectivity index (χ4v) is 1.93. The Bertz CT molecular complexity index is 458. The van der Waals surface area contributed by atoms with Crippen LogP contribution in [0.4, 0.5) is 5.82 Å². The van der Waals surface area contributed by atoms with Crippen molar-refractivity contribution in [3.8, 4) is 0 Å². The molecule has 5 nitrogen and oxygen atoms in total. The summed E-state index contributed by atoms with van der Waals surface area (Å²) in [7, 11) is 1.40. The van der Waals surface area contributed by atoms with E-state index in [9.17, 15) is 4.79 Å². The number of methoxy groups -OCH3 is 1. The summed E-state index contributed by atoms with van der Waals surface area (Å²) in [6.45, 7) is 10.2. The van der Waals surface area contributed by atoms with Crippen molar-refractivity contribution in [3.63, 3.8) is 0 Å². The van der Waals surface area contributed by atoms with E-state index in [0.717, 1.165) is 11.5 Å². The van der Waals surface area contributed by atoms with E-state index in [1.807, 2.05) is 26.8 Å². The summed E-state index contributed by atoms with van der Waals surface area (Å²) in [5, 5.41) is 3.17. The van der Waals surface area contributed by atoms with Crippen molar-refractivity contribution < 1.29 is 9.53 Å². The largest absolute Gasteiger partial charge is 0.467 e. The highest BCUT2D eigenvalue weighted by Gasteiger charge is 2.21. The average molecular weight is 279 g/mol. The number of hydrogen-bond acceptors (Lipinski definition) is 5. The second-order valence-electron chi connectivity index (χ2n) is 5.76. The molecular weight excluding hydrogens is 254 g/mol. The third-order valence-electron chi connectivity index (χ3n) is 2.90. The number of nitrogens with zero attached hydrogens (tertiary/aromatic N) is 2. The molecule has 1 heterocycles. The monoisotopic (exact) mass is 279 g/mol. The number of nitrogens with one attached hydrogen (secondary N) is 1. The van der Waals surface area contributed by atoms with Gasteiger partial charge in [0.05, 0.1) is 7.11 Å². The van der Waals surface area contributed by atoms with Gasteiger partial charge < -0.3 is 10.1 Å². The number of rotatable bonds is 6. The van der Waals surface area contributed by atoms with Gasteiger partial charge >= 0.3 is 5.97 Å². The van der Waals surface area contributed by atoms with Crippen molar-refractivity contribution in [2.75, 3.05) is 12.4 Å². The first-order valence-corrected chi connectivity index (χ1v) is 7.03. The van der Waals surface area contributed by atoms with Gasteiger partial charge in [0.15, 0.2) is 0 Å². The molecule has 0 aliphatic rings. The first-order valence-electron chi connectivity index (χ1n) is 7.03. The van der Waals surface area contributed by atoms with Gasteiger partial charge in [0.25, 0.3) is 0 Å². The molecule has 0 aliphatic carbocycles. The number of ether oxygens (including phenoxy) is 1. The molecule has 0 bridgehead atoms. The van der Waals surface area contributed by atoms with E-state index in [1.54, 1.807) is 0 Å². The quantitative estimate of drug-likeness (QED) is 0.811. The summed E-state index contributed by atoms with van der Waals surface area (Å²) in [6.07, 6.45) is 0.701. The molecule has 1 rings (SSSR count). The van der Waals surface area contributed by atoms with Gasteiger partial charge in [0.1, 0.15) is 17.7 Å². The number of hydrogen-bond donors (Lipinski definition) is 1. The number of esters is 1. The normalized spacial score (nSPS) is 12.6. The number of aromatic nitrogens is 2. The van der Waals surface area contributed by atoms with E-state index in [0.29, 0.717) is 18.2 Å². The Morgan fingerprint density at radius 3 is 2.45 bits per heavy atom. The van der Waals surface area contributed by atoms with Crippen LogP contribution in [0, 0.1) is 12.8 Å². The zero-order chi connectivity index (χ0) is 15.3. The molecular formula is C15H25N3O2. The van der Waals surface area contributed by atoms with Crippen LogP contribution < -0.4 is 5.32 Å². The Kier molecular flexibility index (Phi) is 5.92. The fraction of sp³-hybridized carbons (Fsp3) is 0.667. The van der Waals surface area contributed by atoms with Gasteiger partial charge in [0.2, 0.25) is 0 Å². The fourth-order valence-electron chi connectivity index (χ4n) is 1.93. The molecule has 0 aromatic carbocycles. The standard InChI is InChI=1S/C15H25N3O2/c1-9(2)7-12(15(19)20-6)17-13-8-11(5)16-14(18-13)10(3)4/h8-10,12H,7H2,1-6H3,(H,16,17,18). The number of carbonyl (C=O) groups is 1. The van der Waals surface area contributed by atoms with Gasteiger partial charge in [0, 0.05) is 17.7 Å². The zero-order valence-corrected chi connectivity index (χ0v) is 13.2. The van der Waals surface area contributed by atoms with E-state index in [-0.39, 0.29) is 17.9 Å². The van der Waals surface area contributed by atoms with Gasteiger partial charge in [-0.15, -0.1) is 0 Å². The smallest absolute Gasteiger partial charge is 0.328 e. The minimum atomic E-state index is -0.380. The maximum atomic E-state index is 11.8. The lowest BCUT2D eigenvalue weighted by Crippen LogP contribution is -2.32. The average Bonchev–Trinajstić information content (AvgIpc) is 2.35. The van der Waals surface area contributed by atoms with Crippen LogP contribution in [-0.2, 0) is 9.53 Å². The first kappa shape index (κ1) is 16.4. The van der Waals surface area contributed by atoms with Gasteiger partial charge in [-0.3, -0.25) is 0 Å². The van der Waals surface area contributed by atoms with Crippen molar-refractivity contribution >= 4 is 11.8 Å². The predicted molar refractivity (Wildman–Crippen MR) is 79.7 cm³/mol. The second kappa shape index (κ2) is 7.22. The summed E-state index contributed by atoms with van der Waals surface area (Å²) in [4.78, 5) is 20.7. The van der Waals surface area contributed by atoms with E-state index >= 15 is 0 Å². The maximum absolute atomic E-state index is 11.8. The van der Waals surface area contributed by atoms with Crippen LogP contribution in [0.3, 0.4) is 0 Å². The minimum absolute atomic E-state index is 0.247. The molecule has 0 aliphatic heterocycles. The molecule has 1 aromatic heterocycles. The maximum Gasteiger partial charge on any atom is 0.328 e. The van der Waals surface area contributed by atoms with Crippen molar-refractivity contribution in [2.45, 2.75) is 53.0 Å². The summed E-state index contributed by atoms with van der Waals surface area (Å²) in [5.74, 6) is 1.83. The Labute approximate surface area is 121 Å². The second-order valence-corrected chi connectivity index (χ2v) is 5.76. The highest BCUT2D eigenvalue weighted by molar-refractivity contribution is 5.78. The lowest BCUT2D eigenvalue weighted by atomic mass is 10.0. The summed E-state index contributed by atoms with van der Waals surface area (Å²) >= 11 is 0. The Morgan fingerprint density at radius 2 is 1.95 bits per heavy atom. The van der Waals surface area contributed by atoms with Crippen LogP contribution in [0.1, 0.15) is 51.6 Å². The lowest BCUT2D eigenvalue weighted by molar-refractivity contribution is -0.141. The third-order valence-corrected chi connectivity index (χ3v) is 2.90. The van der Waals surface area contributed by atoms with Crippen molar-refractivity contribution in [3.05, 3.63) is 17.6 Å². The van der Waals surface area contributed by atoms with Crippen molar-refractivity contribution in [1.29, 1.82) is 0 Å². The predicted octanol–water partition coefficient (Wildman–Crippen LogP) is 2.91. The summed E-state index contributed by atoms with van der Waals surface area (Å²) in [6, 6.07) is 1.47. The Balaban J connectivity index is 2.95. The zero-order valence-electron chi connectivity index (χ0n) is 13.2. The molecule has 0 amide bonds. The highest BCUT2D eigenvalue weighted by Crippen LogP contribution is 2.16. The first-order chi connectivity index (χ1) is 9.33. The molecule has 0 saturated carbocycles. The van der Waals surface area contributed by atoms with Crippen LogP contribution in [0.15, 0.2) is 6.07 Å². The van der Waals surface area contributed by atoms with Gasteiger partial charge in [-0.25, -0.2) is 14.8 Å². The Hall–Kier alpha value is -1.65.